The molecule has 1 aromatic rings. The van der Waals surface area contributed by atoms with E-state index in [1.165, 1.54) is 0 Å². The van der Waals surface area contributed by atoms with E-state index in [-0.39, 0.29) is 5.75 Å². The van der Waals surface area contributed by atoms with Gasteiger partial charge >= 0.3 is 5.97 Å². The quantitative estimate of drug-likeness (QED) is 0.894. The van der Waals surface area contributed by atoms with Crippen LogP contribution < -0.4 is 0 Å². The summed E-state index contributed by atoms with van der Waals surface area (Å²) in [4.78, 5) is 11.2. The molecule has 0 bridgehead atoms. The number of rotatable bonds is 5. The number of benzene rings is 1. The molecule has 1 aliphatic carbocycles. The molecule has 1 fully saturated rings. The Morgan fingerprint density at radius 3 is 2.21 bits per heavy atom. The molecule has 1 saturated carbocycles. The van der Waals surface area contributed by atoms with Gasteiger partial charge in [-0.2, -0.15) is 0 Å². The Bertz CT molecular complexity index is 574. The first-order chi connectivity index (χ1) is 8.92. The number of hydrogen-bond acceptors (Lipinski definition) is 3. The lowest BCUT2D eigenvalue weighted by Gasteiger charge is -2.02. The Hall–Kier alpha value is -1.36. The molecule has 0 heterocycles. The predicted octanol–water partition coefficient (Wildman–Crippen LogP) is 1.85. The number of carbonyl (C=O) groups is 1. The van der Waals surface area contributed by atoms with Gasteiger partial charge in [-0.1, -0.05) is 38.1 Å². The van der Waals surface area contributed by atoms with Gasteiger partial charge in [-0.15, -0.1) is 0 Å². The van der Waals surface area contributed by atoms with Crippen LogP contribution in [0.25, 0.3) is 0 Å². The second-order valence-electron chi connectivity index (χ2n) is 4.90. The van der Waals surface area contributed by atoms with Crippen LogP contribution in [0.3, 0.4) is 0 Å². The summed E-state index contributed by atoms with van der Waals surface area (Å²) >= 11 is 0. The highest BCUT2D eigenvalue weighted by molar-refractivity contribution is 7.92. The van der Waals surface area contributed by atoms with E-state index >= 15 is 0 Å². The molecule has 2 rings (SSSR count). The molecule has 0 aliphatic heterocycles. The van der Waals surface area contributed by atoms with Crippen LogP contribution in [0.4, 0.5) is 0 Å². The minimum Gasteiger partial charge on any atom is -0.481 e. The Kier molecular flexibility index (Phi) is 3.67. The lowest BCUT2D eigenvalue weighted by atomic mass is 10.1. The fraction of sp³-hybridized carbons (Fsp3) is 0.500. The van der Waals surface area contributed by atoms with Crippen LogP contribution in [0.1, 0.15) is 30.9 Å². The van der Waals surface area contributed by atoms with Crippen LogP contribution in [0.2, 0.25) is 0 Å². The van der Waals surface area contributed by atoms with Gasteiger partial charge in [0.2, 0.25) is 0 Å². The van der Waals surface area contributed by atoms with Crippen LogP contribution in [0, 0.1) is 5.92 Å². The van der Waals surface area contributed by atoms with Crippen molar-refractivity contribution < 1.29 is 18.3 Å². The van der Waals surface area contributed by atoms with Gasteiger partial charge in [-0.25, -0.2) is 8.42 Å². The third-order valence-electron chi connectivity index (χ3n) is 3.83. The van der Waals surface area contributed by atoms with Crippen molar-refractivity contribution in [2.45, 2.75) is 31.4 Å². The highest BCUT2D eigenvalue weighted by Gasteiger charge is 2.62. The van der Waals surface area contributed by atoms with Crippen molar-refractivity contribution >= 4 is 15.8 Å². The van der Waals surface area contributed by atoms with Gasteiger partial charge in [0.15, 0.2) is 9.84 Å². The first-order valence-electron chi connectivity index (χ1n) is 6.45. The van der Waals surface area contributed by atoms with Gasteiger partial charge in [0, 0.05) is 11.7 Å². The average Bonchev–Trinajstić information content (AvgIpc) is 3.15. The smallest absolute Gasteiger partial charge is 0.308 e. The van der Waals surface area contributed by atoms with Gasteiger partial charge in [0.25, 0.3) is 0 Å². The van der Waals surface area contributed by atoms with Gasteiger partial charge < -0.3 is 5.11 Å². The maximum Gasteiger partial charge on any atom is 0.308 e. The fourth-order valence-corrected chi connectivity index (χ4v) is 4.39. The van der Waals surface area contributed by atoms with E-state index in [4.69, 9.17) is 5.11 Å². The molecule has 0 unspecified atom stereocenters. The molecule has 1 aliphatic rings. The molecule has 0 amide bonds. The van der Waals surface area contributed by atoms with Crippen molar-refractivity contribution in [3.8, 4) is 0 Å². The van der Waals surface area contributed by atoms with Gasteiger partial charge in [-0.05, 0) is 17.5 Å². The normalized spacial score (nSPS) is 26.1. The Balaban J connectivity index is 2.30. The molecule has 0 saturated heterocycles. The van der Waals surface area contributed by atoms with E-state index in [1.54, 1.807) is 6.92 Å². The van der Waals surface area contributed by atoms with Gasteiger partial charge in [0.1, 0.15) is 0 Å². The molecule has 0 aromatic heterocycles. The van der Waals surface area contributed by atoms with Crippen molar-refractivity contribution in [3.63, 3.8) is 0 Å². The zero-order chi connectivity index (χ0) is 14.2. The molecular formula is C14H18O4S. The van der Waals surface area contributed by atoms with Crippen molar-refractivity contribution in [2.75, 3.05) is 5.75 Å². The van der Waals surface area contributed by atoms with Crippen molar-refractivity contribution in [3.05, 3.63) is 35.4 Å². The molecule has 1 aromatic carbocycles. The van der Waals surface area contributed by atoms with Crippen molar-refractivity contribution in [1.82, 2.24) is 0 Å². The lowest BCUT2D eigenvalue weighted by molar-refractivity contribution is -0.138. The molecule has 0 radical (unpaired) electrons. The minimum atomic E-state index is -3.31. The van der Waals surface area contributed by atoms with Crippen molar-refractivity contribution in [2.24, 2.45) is 5.92 Å². The molecule has 5 heteroatoms. The number of aliphatic carboxylic acids is 1. The highest BCUT2D eigenvalue weighted by atomic mass is 32.2. The molecule has 4 nitrogen and oxygen atoms in total. The molecule has 3 atom stereocenters. The van der Waals surface area contributed by atoms with Crippen LogP contribution >= 0.6 is 0 Å². The van der Waals surface area contributed by atoms with Gasteiger partial charge in [-0.3, -0.25) is 4.79 Å². The summed E-state index contributed by atoms with van der Waals surface area (Å²) in [6.07, 6.45) is 0.907. The summed E-state index contributed by atoms with van der Waals surface area (Å²) in [6.45, 7) is 3.60. The molecular weight excluding hydrogens is 264 g/mol. The third kappa shape index (κ3) is 2.52. The molecule has 0 spiro atoms. The number of carboxylic acids is 1. The first kappa shape index (κ1) is 14.1. The largest absolute Gasteiger partial charge is 0.481 e. The van der Waals surface area contributed by atoms with Crippen LogP contribution in [0.5, 0.6) is 0 Å². The van der Waals surface area contributed by atoms with Crippen molar-refractivity contribution in [1.29, 1.82) is 0 Å². The second-order valence-corrected chi connectivity index (χ2v) is 7.35. The van der Waals surface area contributed by atoms with Gasteiger partial charge in [0.05, 0.1) is 11.2 Å². The summed E-state index contributed by atoms with van der Waals surface area (Å²) in [6, 6.07) is 7.57. The topological polar surface area (TPSA) is 71.4 Å². The molecule has 104 valence electrons. The summed E-state index contributed by atoms with van der Waals surface area (Å²) in [5.74, 6) is -2.22. The summed E-state index contributed by atoms with van der Waals surface area (Å²) in [7, 11) is -3.31. The molecule has 19 heavy (non-hydrogen) atoms. The second kappa shape index (κ2) is 4.96. The number of aryl methyl sites for hydroxylation is 1. The van der Waals surface area contributed by atoms with E-state index in [0.29, 0.717) is 0 Å². The minimum absolute atomic E-state index is 0.00894. The van der Waals surface area contributed by atoms with Crippen LogP contribution in [-0.2, 0) is 21.1 Å². The van der Waals surface area contributed by atoms with E-state index < -0.39 is 32.9 Å². The maximum absolute atomic E-state index is 11.9. The van der Waals surface area contributed by atoms with E-state index in [1.807, 2.05) is 31.2 Å². The van der Waals surface area contributed by atoms with E-state index in [0.717, 1.165) is 17.5 Å². The SMILES string of the molecule is CCc1ccc([C@@H]2[C@H](C(=O)O)[C@H]2S(=O)(=O)CC)cc1. The number of carboxylic acid groups (broad SMARTS) is 1. The van der Waals surface area contributed by atoms with E-state index in [9.17, 15) is 13.2 Å². The van der Waals surface area contributed by atoms with Crippen LogP contribution in [-0.4, -0.2) is 30.5 Å². The maximum atomic E-state index is 11.9. The number of sulfone groups is 1. The molecule has 1 N–H and O–H groups in total. The lowest BCUT2D eigenvalue weighted by Crippen LogP contribution is -2.14. The zero-order valence-corrected chi connectivity index (χ0v) is 11.9. The predicted molar refractivity (Wildman–Crippen MR) is 72.9 cm³/mol. The zero-order valence-electron chi connectivity index (χ0n) is 11.0. The highest BCUT2D eigenvalue weighted by Crippen LogP contribution is 2.52. The Labute approximate surface area is 113 Å². The standard InChI is InChI=1S/C14H18O4S/c1-3-9-5-7-10(8-6-9)11-12(14(15)16)13(11)19(17,18)4-2/h5-8,11-13H,3-4H2,1-2H3,(H,15,16)/t11-,12+,13+/m1/s1. The Morgan fingerprint density at radius 1 is 1.21 bits per heavy atom. The summed E-state index contributed by atoms with van der Waals surface area (Å²) in [5.41, 5.74) is 1.97. The summed E-state index contributed by atoms with van der Waals surface area (Å²) in [5, 5.41) is 8.39. The Morgan fingerprint density at radius 2 is 1.79 bits per heavy atom. The summed E-state index contributed by atoms with van der Waals surface area (Å²) < 4.78 is 23.8. The fourth-order valence-electron chi connectivity index (χ4n) is 2.59. The van der Waals surface area contributed by atoms with E-state index in [2.05, 4.69) is 0 Å². The van der Waals surface area contributed by atoms with Crippen LogP contribution in [0.15, 0.2) is 24.3 Å². The first-order valence-corrected chi connectivity index (χ1v) is 8.17. The third-order valence-corrected chi connectivity index (χ3v) is 6.05. The number of hydrogen-bond donors (Lipinski definition) is 1. The monoisotopic (exact) mass is 282 g/mol. The average molecular weight is 282 g/mol.